The van der Waals surface area contributed by atoms with Crippen LogP contribution in [0, 0.1) is 5.95 Å². The number of benzene rings is 3. The number of fused-ring (bicyclic) bond motifs is 1. The molecule has 2 nitrogen and oxygen atoms in total. The summed E-state index contributed by atoms with van der Waals surface area (Å²) in [5, 5.41) is 0.759. The number of para-hydroxylation sites is 1. The molecule has 4 aromatic rings. The molecule has 0 aliphatic rings. The van der Waals surface area contributed by atoms with Gasteiger partial charge in [0.1, 0.15) is 0 Å². The molecular formula is C22H14FNO. The first kappa shape index (κ1) is 15.2. The number of nitrogens with zero attached hydrogens (tertiary/aromatic N) is 1. The highest BCUT2D eigenvalue weighted by atomic mass is 19.1. The van der Waals surface area contributed by atoms with Gasteiger partial charge in [0, 0.05) is 16.5 Å². The Balaban J connectivity index is 2.07. The molecule has 3 heteroatoms. The molecule has 0 aliphatic carbocycles. The van der Waals surface area contributed by atoms with Crippen molar-refractivity contribution < 1.29 is 9.18 Å². The van der Waals surface area contributed by atoms with Crippen LogP contribution in [0.3, 0.4) is 0 Å². The summed E-state index contributed by atoms with van der Waals surface area (Å²) in [6.45, 7) is 0. The normalized spacial score (nSPS) is 10.8. The van der Waals surface area contributed by atoms with Crippen molar-refractivity contribution in [3.63, 3.8) is 0 Å². The van der Waals surface area contributed by atoms with Gasteiger partial charge in [-0.2, -0.15) is 4.39 Å². The highest BCUT2D eigenvalue weighted by Crippen LogP contribution is 2.33. The summed E-state index contributed by atoms with van der Waals surface area (Å²) < 4.78 is 14.9. The summed E-state index contributed by atoms with van der Waals surface area (Å²) in [4.78, 5) is 17.0. The van der Waals surface area contributed by atoms with Gasteiger partial charge in [-0.05, 0) is 11.6 Å². The lowest BCUT2D eigenvalue weighted by atomic mass is 9.92. The summed E-state index contributed by atoms with van der Waals surface area (Å²) >= 11 is 0. The highest BCUT2D eigenvalue weighted by molar-refractivity contribution is 6.16. The number of ketones is 1. The number of hydrogen-bond acceptors (Lipinski definition) is 2. The molecule has 0 saturated carbocycles. The van der Waals surface area contributed by atoms with E-state index < -0.39 is 5.95 Å². The van der Waals surface area contributed by atoms with Gasteiger partial charge in [-0.15, -0.1) is 0 Å². The van der Waals surface area contributed by atoms with Gasteiger partial charge in [-0.3, -0.25) is 4.79 Å². The van der Waals surface area contributed by atoms with Gasteiger partial charge in [0.05, 0.1) is 11.1 Å². The van der Waals surface area contributed by atoms with E-state index in [0.717, 1.165) is 10.9 Å². The summed E-state index contributed by atoms with van der Waals surface area (Å²) in [7, 11) is 0. The minimum atomic E-state index is -0.744. The third kappa shape index (κ3) is 2.70. The molecule has 0 aliphatic heterocycles. The predicted octanol–water partition coefficient (Wildman–Crippen LogP) is 5.27. The molecule has 0 fully saturated rings. The minimum Gasteiger partial charge on any atom is -0.288 e. The van der Waals surface area contributed by atoms with E-state index in [1.165, 1.54) is 0 Å². The molecule has 3 aromatic carbocycles. The highest BCUT2D eigenvalue weighted by Gasteiger charge is 2.23. The lowest BCUT2D eigenvalue weighted by Crippen LogP contribution is -2.09. The number of carbonyl (C=O) groups is 1. The second-order valence-corrected chi connectivity index (χ2v) is 5.73. The van der Waals surface area contributed by atoms with E-state index in [9.17, 15) is 9.18 Å². The first-order valence-corrected chi connectivity index (χ1v) is 7.99. The number of rotatable bonds is 3. The summed E-state index contributed by atoms with van der Waals surface area (Å²) in [6, 6.07) is 25.4. The van der Waals surface area contributed by atoms with Gasteiger partial charge in [0.2, 0.25) is 5.95 Å². The SMILES string of the molecule is O=C(c1ccccc1)c1c(F)nc2ccccc2c1-c1ccccc1. The van der Waals surface area contributed by atoms with E-state index in [4.69, 9.17) is 0 Å². The maximum absolute atomic E-state index is 14.9. The molecule has 0 amide bonds. The summed E-state index contributed by atoms with van der Waals surface area (Å²) in [5.74, 6) is -1.11. The predicted molar refractivity (Wildman–Crippen MR) is 97.0 cm³/mol. The molecular weight excluding hydrogens is 313 g/mol. The molecule has 0 radical (unpaired) electrons. The van der Waals surface area contributed by atoms with Crippen LogP contribution in [-0.2, 0) is 0 Å². The molecule has 1 heterocycles. The lowest BCUT2D eigenvalue weighted by molar-refractivity contribution is 0.103. The van der Waals surface area contributed by atoms with Gasteiger partial charge in [0.25, 0.3) is 0 Å². The standard InChI is InChI=1S/C22H14FNO/c23-22-20(21(25)16-11-5-2-6-12-16)19(15-9-3-1-4-10-15)17-13-7-8-14-18(17)24-22/h1-14H. The van der Waals surface area contributed by atoms with Gasteiger partial charge < -0.3 is 0 Å². The topological polar surface area (TPSA) is 30.0 Å². The monoisotopic (exact) mass is 327 g/mol. The Labute approximate surface area is 144 Å². The number of halogens is 1. The van der Waals surface area contributed by atoms with Crippen molar-refractivity contribution in [1.82, 2.24) is 4.98 Å². The first-order chi connectivity index (χ1) is 12.3. The molecule has 120 valence electrons. The van der Waals surface area contributed by atoms with E-state index in [1.807, 2.05) is 54.6 Å². The van der Waals surface area contributed by atoms with Crippen LogP contribution in [0.1, 0.15) is 15.9 Å². The van der Waals surface area contributed by atoms with Crippen LogP contribution in [-0.4, -0.2) is 10.8 Å². The third-order valence-electron chi connectivity index (χ3n) is 4.17. The summed E-state index contributed by atoms with van der Waals surface area (Å²) in [6.07, 6.45) is 0. The van der Waals surface area contributed by atoms with Crippen LogP contribution >= 0.6 is 0 Å². The Kier molecular flexibility index (Phi) is 3.82. The maximum Gasteiger partial charge on any atom is 0.225 e. The van der Waals surface area contributed by atoms with Gasteiger partial charge in [0.15, 0.2) is 5.78 Å². The molecule has 1 aromatic heterocycles. The molecule has 4 rings (SSSR count). The van der Waals surface area contributed by atoms with E-state index in [0.29, 0.717) is 16.6 Å². The quantitative estimate of drug-likeness (QED) is 0.379. The fourth-order valence-electron chi connectivity index (χ4n) is 3.03. The lowest BCUT2D eigenvalue weighted by Gasteiger charge is -2.13. The van der Waals surface area contributed by atoms with Crippen molar-refractivity contribution in [3.05, 3.63) is 102 Å². The largest absolute Gasteiger partial charge is 0.288 e. The van der Waals surface area contributed by atoms with Crippen molar-refractivity contribution in [2.24, 2.45) is 0 Å². The number of carbonyl (C=O) groups excluding carboxylic acids is 1. The smallest absolute Gasteiger partial charge is 0.225 e. The Morgan fingerprint density at radius 1 is 0.760 bits per heavy atom. The van der Waals surface area contributed by atoms with E-state index in [1.54, 1.807) is 30.3 Å². The second-order valence-electron chi connectivity index (χ2n) is 5.73. The average Bonchev–Trinajstić information content (AvgIpc) is 2.68. The third-order valence-corrected chi connectivity index (χ3v) is 4.17. The fourth-order valence-corrected chi connectivity index (χ4v) is 3.03. The Hall–Kier alpha value is -3.33. The van der Waals surface area contributed by atoms with Crippen molar-refractivity contribution in [1.29, 1.82) is 0 Å². The van der Waals surface area contributed by atoms with E-state index >= 15 is 0 Å². The van der Waals surface area contributed by atoms with Crippen LogP contribution in [0.5, 0.6) is 0 Å². The van der Waals surface area contributed by atoms with Crippen molar-refractivity contribution in [3.8, 4) is 11.1 Å². The first-order valence-electron chi connectivity index (χ1n) is 7.99. The molecule has 0 bridgehead atoms. The molecule has 0 unspecified atom stereocenters. The van der Waals surface area contributed by atoms with Gasteiger partial charge in [-0.1, -0.05) is 78.9 Å². The second kappa shape index (κ2) is 6.29. The number of pyridine rings is 1. The Morgan fingerprint density at radius 3 is 2.08 bits per heavy atom. The summed E-state index contributed by atoms with van der Waals surface area (Å²) in [5.41, 5.74) is 2.35. The number of hydrogen-bond donors (Lipinski definition) is 0. The van der Waals surface area contributed by atoms with E-state index in [-0.39, 0.29) is 11.3 Å². The Morgan fingerprint density at radius 2 is 1.36 bits per heavy atom. The molecule has 0 saturated heterocycles. The van der Waals surface area contributed by atoms with Crippen molar-refractivity contribution in [2.45, 2.75) is 0 Å². The zero-order valence-corrected chi connectivity index (χ0v) is 13.3. The van der Waals surface area contributed by atoms with Gasteiger partial charge >= 0.3 is 0 Å². The minimum absolute atomic E-state index is 0.0103. The van der Waals surface area contributed by atoms with Crippen molar-refractivity contribution >= 4 is 16.7 Å². The molecule has 0 spiro atoms. The Bertz CT molecular complexity index is 1060. The van der Waals surface area contributed by atoms with Crippen LogP contribution in [0.25, 0.3) is 22.0 Å². The molecule has 0 atom stereocenters. The van der Waals surface area contributed by atoms with Crippen LogP contribution in [0.15, 0.2) is 84.9 Å². The van der Waals surface area contributed by atoms with Crippen LogP contribution in [0.2, 0.25) is 0 Å². The van der Waals surface area contributed by atoms with Crippen LogP contribution < -0.4 is 0 Å². The van der Waals surface area contributed by atoms with Crippen LogP contribution in [0.4, 0.5) is 4.39 Å². The maximum atomic E-state index is 14.9. The zero-order chi connectivity index (χ0) is 17.2. The zero-order valence-electron chi connectivity index (χ0n) is 13.3. The average molecular weight is 327 g/mol. The molecule has 25 heavy (non-hydrogen) atoms. The molecule has 0 N–H and O–H groups in total. The fraction of sp³-hybridized carbons (Fsp3) is 0. The van der Waals surface area contributed by atoms with Crippen molar-refractivity contribution in [2.75, 3.05) is 0 Å². The number of aromatic nitrogens is 1. The van der Waals surface area contributed by atoms with Gasteiger partial charge in [-0.25, -0.2) is 4.98 Å². The van der Waals surface area contributed by atoms with E-state index in [2.05, 4.69) is 4.98 Å².